The van der Waals surface area contributed by atoms with Crippen molar-refractivity contribution >= 4 is 34.5 Å². The van der Waals surface area contributed by atoms with Crippen molar-refractivity contribution in [2.45, 2.75) is 11.7 Å². The van der Waals surface area contributed by atoms with Crippen molar-refractivity contribution in [3.05, 3.63) is 41.6 Å². The molecule has 1 saturated heterocycles. The lowest BCUT2D eigenvalue weighted by atomic mass is 10.1. The van der Waals surface area contributed by atoms with Crippen LogP contribution in [0.3, 0.4) is 0 Å². The van der Waals surface area contributed by atoms with Gasteiger partial charge >= 0.3 is 0 Å². The van der Waals surface area contributed by atoms with Crippen molar-refractivity contribution in [1.29, 1.82) is 5.26 Å². The second kappa shape index (κ2) is 9.11. The Balaban J connectivity index is 1.50. The first kappa shape index (κ1) is 20.1. The molecule has 1 aromatic carbocycles. The molecule has 154 valence electrons. The molecule has 1 fully saturated rings. The standard InChI is InChI=1S/C20H21N7O2S/c1-30-20-24-17(26-7-9-29-10-8-26)16-13-23-27(18(16)25-20)6-5-22-19(28)15-4-2-3-14(11-15)12-21/h2-4,11,13H,5-10H2,1H3,(H,22,28). The Bertz CT molecular complexity index is 1100. The Hall–Kier alpha value is -3.16. The Kier molecular flexibility index (Phi) is 6.11. The van der Waals surface area contributed by atoms with Crippen LogP contribution in [-0.4, -0.2) is 64.8 Å². The molecule has 0 aliphatic carbocycles. The van der Waals surface area contributed by atoms with Gasteiger partial charge in [0, 0.05) is 25.2 Å². The van der Waals surface area contributed by atoms with Gasteiger partial charge in [-0.2, -0.15) is 10.4 Å². The minimum absolute atomic E-state index is 0.225. The summed E-state index contributed by atoms with van der Waals surface area (Å²) in [6.07, 6.45) is 3.73. The third kappa shape index (κ3) is 4.22. The van der Waals surface area contributed by atoms with Crippen LogP contribution in [-0.2, 0) is 11.3 Å². The van der Waals surface area contributed by atoms with E-state index in [1.165, 1.54) is 11.8 Å². The predicted octanol–water partition coefficient (Wildman–Crippen LogP) is 1.69. The summed E-state index contributed by atoms with van der Waals surface area (Å²) in [6, 6.07) is 8.67. The van der Waals surface area contributed by atoms with Crippen LogP contribution in [0.5, 0.6) is 0 Å². The summed E-state index contributed by atoms with van der Waals surface area (Å²) in [5, 5.41) is 17.9. The van der Waals surface area contributed by atoms with Crippen LogP contribution in [0.1, 0.15) is 15.9 Å². The van der Waals surface area contributed by atoms with E-state index >= 15 is 0 Å². The van der Waals surface area contributed by atoms with E-state index in [1.54, 1.807) is 35.1 Å². The number of thioether (sulfide) groups is 1. The number of carbonyl (C=O) groups is 1. The topological polar surface area (TPSA) is 109 Å². The van der Waals surface area contributed by atoms with Gasteiger partial charge in [0.15, 0.2) is 10.8 Å². The van der Waals surface area contributed by atoms with E-state index in [2.05, 4.69) is 20.3 Å². The maximum absolute atomic E-state index is 12.4. The van der Waals surface area contributed by atoms with Gasteiger partial charge in [-0.05, 0) is 24.5 Å². The minimum Gasteiger partial charge on any atom is -0.378 e. The summed E-state index contributed by atoms with van der Waals surface area (Å²) in [5.74, 6) is 0.647. The lowest BCUT2D eigenvalue weighted by Gasteiger charge is -2.28. The summed E-state index contributed by atoms with van der Waals surface area (Å²) in [6.45, 7) is 3.77. The zero-order valence-electron chi connectivity index (χ0n) is 16.5. The smallest absolute Gasteiger partial charge is 0.251 e. The number of amides is 1. The van der Waals surface area contributed by atoms with E-state index < -0.39 is 0 Å². The molecule has 10 heteroatoms. The monoisotopic (exact) mass is 423 g/mol. The van der Waals surface area contributed by atoms with E-state index in [0.717, 1.165) is 29.9 Å². The largest absolute Gasteiger partial charge is 0.378 e. The molecule has 0 spiro atoms. The highest BCUT2D eigenvalue weighted by molar-refractivity contribution is 7.98. The van der Waals surface area contributed by atoms with Crippen molar-refractivity contribution in [1.82, 2.24) is 25.1 Å². The van der Waals surface area contributed by atoms with Crippen LogP contribution in [0.4, 0.5) is 5.82 Å². The van der Waals surface area contributed by atoms with Crippen LogP contribution in [0, 0.1) is 11.3 Å². The van der Waals surface area contributed by atoms with E-state index in [4.69, 9.17) is 15.0 Å². The molecule has 0 saturated carbocycles. The molecule has 4 rings (SSSR count). The van der Waals surface area contributed by atoms with Crippen molar-refractivity contribution in [3.8, 4) is 6.07 Å². The summed E-state index contributed by atoms with van der Waals surface area (Å²) in [4.78, 5) is 23.9. The fraction of sp³-hybridized carbons (Fsp3) is 0.350. The highest BCUT2D eigenvalue weighted by Gasteiger charge is 2.20. The van der Waals surface area contributed by atoms with E-state index in [0.29, 0.717) is 42.6 Å². The van der Waals surface area contributed by atoms with Crippen LogP contribution in [0.2, 0.25) is 0 Å². The number of carbonyl (C=O) groups excluding carboxylic acids is 1. The van der Waals surface area contributed by atoms with Crippen LogP contribution >= 0.6 is 11.8 Å². The summed E-state index contributed by atoms with van der Waals surface area (Å²) < 4.78 is 7.24. The molecule has 3 aromatic rings. The van der Waals surface area contributed by atoms with Crippen LogP contribution in [0.15, 0.2) is 35.6 Å². The zero-order chi connectivity index (χ0) is 20.9. The minimum atomic E-state index is -0.225. The van der Waals surface area contributed by atoms with Gasteiger partial charge in [0.1, 0.15) is 5.82 Å². The molecule has 30 heavy (non-hydrogen) atoms. The Morgan fingerprint density at radius 1 is 1.33 bits per heavy atom. The van der Waals surface area contributed by atoms with Crippen LogP contribution < -0.4 is 10.2 Å². The molecule has 1 aliphatic rings. The summed E-state index contributed by atoms with van der Waals surface area (Å²) in [7, 11) is 0. The summed E-state index contributed by atoms with van der Waals surface area (Å²) >= 11 is 1.49. The third-order valence-electron chi connectivity index (χ3n) is 4.81. The van der Waals surface area contributed by atoms with Gasteiger partial charge in [-0.15, -0.1) is 0 Å². The number of nitrogens with one attached hydrogen (secondary N) is 1. The maximum Gasteiger partial charge on any atom is 0.251 e. The number of aromatic nitrogens is 4. The summed E-state index contributed by atoms with van der Waals surface area (Å²) in [5.41, 5.74) is 1.66. The molecule has 0 unspecified atom stereocenters. The Morgan fingerprint density at radius 2 is 2.17 bits per heavy atom. The van der Waals surface area contributed by atoms with Crippen molar-refractivity contribution in [2.24, 2.45) is 0 Å². The number of rotatable bonds is 6. The first-order valence-electron chi connectivity index (χ1n) is 9.58. The Morgan fingerprint density at radius 3 is 2.93 bits per heavy atom. The van der Waals surface area contributed by atoms with E-state index in [-0.39, 0.29) is 5.91 Å². The SMILES string of the molecule is CSc1nc(N2CCOCC2)c2cnn(CCNC(=O)c3cccc(C#N)c3)c2n1. The number of morpholine rings is 1. The number of benzene rings is 1. The van der Waals surface area contributed by atoms with Gasteiger partial charge in [-0.25, -0.2) is 14.6 Å². The maximum atomic E-state index is 12.4. The van der Waals surface area contributed by atoms with Gasteiger partial charge < -0.3 is 15.0 Å². The van der Waals surface area contributed by atoms with Crippen LogP contribution in [0.25, 0.3) is 11.0 Å². The second-order valence-electron chi connectivity index (χ2n) is 6.69. The van der Waals surface area contributed by atoms with Crippen molar-refractivity contribution in [2.75, 3.05) is 44.0 Å². The molecule has 1 amide bonds. The van der Waals surface area contributed by atoms with Gasteiger partial charge in [0.25, 0.3) is 5.91 Å². The van der Waals surface area contributed by atoms with Gasteiger partial charge in [0.2, 0.25) is 0 Å². The predicted molar refractivity (Wildman–Crippen MR) is 114 cm³/mol. The highest BCUT2D eigenvalue weighted by Crippen LogP contribution is 2.27. The fourth-order valence-electron chi connectivity index (χ4n) is 3.30. The molecule has 9 nitrogen and oxygen atoms in total. The molecule has 3 heterocycles. The van der Waals surface area contributed by atoms with Gasteiger partial charge in [-0.3, -0.25) is 4.79 Å². The molecule has 1 N–H and O–H groups in total. The average Bonchev–Trinajstić information content (AvgIpc) is 3.21. The number of nitrogens with zero attached hydrogens (tertiary/aromatic N) is 6. The molecule has 1 aliphatic heterocycles. The Labute approximate surface area is 178 Å². The number of anilines is 1. The molecule has 2 aromatic heterocycles. The van der Waals surface area contributed by atoms with Gasteiger partial charge in [-0.1, -0.05) is 17.8 Å². The molecule has 0 radical (unpaired) electrons. The molecule has 0 atom stereocenters. The molecule has 0 bridgehead atoms. The zero-order valence-corrected chi connectivity index (χ0v) is 17.4. The number of hydrogen-bond acceptors (Lipinski definition) is 8. The number of nitriles is 1. The number of ether oxygens (including phenoxy) is 1. The fourth-order valence-corrected chi connectivity index (χ4v) is 3.66. The lowest BCUT2D eigenvalue weighted by Crippen LogP contribution is -2.37. The lowest BCUT2D eigenvalue weighted by molar-refractivity contribution is 0.0952. The first-order valence-corrected chi connectivity index (χ1v) is 10.8. The van der Waals surface area contributed by atoms with E-state index in [1.807, 2.05) is 12.3 Å². The second-order valence-corrected chi connectivity index (χ2v) is 7.46. The third-order valence-corrected chi connectivity index (χ3v) is 5.36. The number of hydrogen-bond donors (Lipinski definition) is 1. The molecular weight excluding hydrogens is 402 g/mol. The van der Waals surface area contributed by atoms with Crippen molar-refractivity contribution in [3.63, 3.8) is 0 Å². The van der Waals surface area contributed by atoms with Crippen molar-refractivity contribution < 1.29 is 9.53 Å². The quantitative estimate of drug-likeness (QED) is 0.471. The molecular formula is C20H21N7O2S. The van der Waals surface area contributed by atoms with Gasteiger partial charge in [0.05, 0.1) is 43.0 Å². The van der Waals surface area contributed by atoms with E-state index in [9.17, 15) is 4.79 Å². The number of fused-ring (bicyclic) bond motifs is 1. The average molecular weight is 424 g/mol. The normalized spacial score (nSPS) is 13.9. The first-order chi connectivity index (χ1) is 14.7. The highest BCUT2D eigenvalue weighted by atomic mass is 32.2.